The first-order chi connectivity index (χ1) is 15.4. The molecule has 0 fully saturated rings. The average molecular weight is 447 g/mol. The van der Waals surface area contributed by atoms with Crippen LogP contribution in [0.2, 0.25) is 0 Å². The summed E-state index contributed by atoms with van der Waals surface area (Å²) >= 11 is 1.09. The summed E-state index contributed by atoms with van der Waals surface area (Å²) in [5.74, 6) is -1.17. The Kier molecular flexibility index (Phi) is 5.77. The molecule has 4 N–H and O–H groups in total. The molecule has 2 amide bonds. The van der Waals surface area contributed by atoms with Crippen LogP contribution in [0, 0.1) is 10.1 Å². The van der Waals surface area contributed by atoms with Crippen molar-refractivity contribution in [3.8, 4) is 0 Å². The van der Waals surface area contributed by atoms with Crippen molar-refractivity contribution in [3.63, 3.8) is 0 Å². The molecular formula is C22H17N5O4S. The molecule has 4 aromatic rings. The fourth-order valence-electron chi connectivity index (χ4n) is 3.11. The van der Waals surface area contributed by atoms with Gasteiger partial charge in [-0.1, -0.05) is 53.8 Å². The zero-order valence-corrected chi connectivity index (χ0v) is 17.4. The highest BCUT2D eigenvalue weighted by Gasteiger charge is 2.19. The van der Waals surface area contributed by atoms with Gasteiger partial charge in [0.2, 0.25) is 5.91 Å². The third-order valence-corrected chi connectivity index (χ3v) is 5.51. The lowest BCUT2D eigenvalue weighted by molar-refractivity contribution is -0.384. The smallest absolute Gasteiger partial charge is 0.270 e. The van der Waals surface area contributed by atoms with E-state index in [4.69, 9.17) is 5.73 Å². The molecule has 0 atom stereocenters. The third kappa shape index (κ3) is 4.71. The Balaban J connectivity index is 1.50. The number of carbonyl (C=O) groups is 2. The van der Waals surface area contributed by atoms with E-state index in [1.54, 1.807) is 0 Å². The number of fused-ring (bicyclic) bond motifs is 1. The maximum Gasteiger partial charge on any atom is 0.270 e. The largest absolute Gasteiger partial charge is 0.364 e. The van der Waals surface area contributed by atoms with Gasteiger partial charge in [0.1, 0.15) is 5.00 Å². The van der Waals surface area contributed by atoms with Crippen molar-refractivity contribution in [1.82, 2.24) is 4.98 Å². The van der Waals surface area contributed by atoms with E-state index in [-0.39, 0.29) is 22.8 Å². The number of amides is 2. The van der Waals surface area contributed by atoms with Gasteiger partial charge < -0.3 is 16.4 Å². The van der Waals surface area contributed by atoms with Gasteiger partial charge in [0.25, 0.3) is 11.6 Å². The summed E-state index contributed by atoms with van der Waals surface area (Å²) in [5.41, 5.74) is 6.69. The molecule has 9 nitrogen and oxygen atoms in total. The average Bonchev–Trinajstić information content (AvgIpc) is 3.16. The molecule has 0 bridgehead atoms. The summed E-state index contributed by atoms with van der Waals surface area (Å²) in [4.78, 5) is 38.7. The number of nitro benzene ring substituents is 1. The first kappa shape index (κ1) is 20.9. The summed E-state index contributed by atoms with van der Waals surface area (Å²) in [6, 6.07) is 19.4. The van der Waals surface area contributed by atoms with Gasteiger partial charge in [0.15, 0.2) is 10.8 Å². The van der Waals surface area contributed by atoms with Crippen molar-refractivity contribution >= 4 is 55.4 Å². The highest BCUT2D eigenvalue weighted by atomic mass is 32.1. The summed E-state index contributed by atoms with van der Waals surface area (Å²) in [6.45, 7) is 0. The Morgan fingerprint density at radius 2 is 1.75 bits per heavy atom. The molecule has 0 saturated heterocycles. The fourth-order valence-corrected chi connectivity index (χ4v) is 4.01. The van der Waals surface area contributed by atoms with Crippen LogP contribution >= 0.6 is 11.3 Å². The summed E-state index contributed by atoms with van der Waals surface area (Å²) in [7, 11) is 0. The molecule has 10 heteroatoms. The monoisotopic (exact) mass is 447 g/mol. The molecule has 0 aliphatic carbocycles. The van der Waals surface area contributed by atoms with Crippen LogP contribution in [0.5, 0.6) is 0 Å². The number of nitrogens with two attached hydrogens (primary N) is 1. The van der Waals surface area contributed by atoms with Gasteiger partial charge in [-0.2, -0.15) is 0 Å². The predicted octanol–water partition coefficient (Wildman–Crippen LogP) is 4.23. The minimum atomic E-state index is -0.765. The van der Waals surface area contributed by atoms with E-state index < -0.39 is 16.7 Å². The van der Waals surface area contributed by atoms with Crippen molar-refractivity contribution in [1.29, 1.82) is 0 Å². The summed E-state index contributed by atoms with van der Waals surface area (Å²) in [5, 5.41) is 19.3. The molecule has 1 aromatic heterocycles. The molecule has 0 unspecified atom stereocenters. The number of rotatable bonds is 7. The van der Waals surface area contributed by atoms with Gasteiger partial charge in [-0.15, -0.1) is 0 Å². The van der Waals surface area contributed by atoms with Crippen LogP contribution < -0.4 is 16.4 Å². The molecule has 1 heterocycles. The number of hydrogen-bond donors (Lipinski definition) is 3. The Labute approximate surface area is 186 Å². The number of anilines is 3. The number of carbonyl (C=O) groups excluding carboxylic acids is 2. The van der Waals surface area contributed by atoms with Gasteiger partial charge in [-0.3, -0.25) is 19.7 Å². The van der Waals surface area contributed by atoms with Gasteiger partial charge in [0.05, 0.1) is 11.3 Å². The van der Waals surface area contributed by atoms with E-state index in [1.165, 1.54) is 24.3 Å². The van der Waals surface area contributed by atoms with Gasteiger partial charge in [-0.25, -0.2) is 4.98 Å². The maximum atomic E-state index is 12.5. The van der Waals surface area contributed by atoms with E-state index in [0.29, 0.717) is 10.7 Å². The van der Waals surface area contributed by atoms with Crippen molar-refractivity contribution in [2.45, 2.75) is 6.42 Å². The number of primary amides is 1. The topological polar surface area (TPSA) is 140 Å². The SMILES string of the molecule is NC(=O)c1nc(Nc2ccc3ccccc3c2)sc1NC(=O)Cc1ccc([N+](=O)[O-])cc1. The number of nitrogens with one attached hydrogen (secondary N) is 2. The number of hydrogen-bond acceptors (Lipinski definition) is 7. The van der Waals surface area contributed by atoms with Crippen LogP contribution in [0.25, 0.3) is 10.8 Å². The highest BCUT2D eigenvalue weighted by Crippen LogP contribution is 2.31. The fraction of sp³-hybridized carbons (Fsp3) is 0.0455. The van der Waals surface area contributed by atoms with E-state index in [2.05, 4.69) is 15.6 Å². The summed E-state index contributed by atoms with van der Waals surface area (Å²) < 4.78 is 0. The molecule has 160 valence electrons. The van der Waals surface area contributed by atoms with E-state index in [9.17, 15) is 19.7 Å². The van der Waals surface area contributed by atoms with Gasteiger partial charge in [-0.05, 0) is 28.5 Å². The van der Waals surface area contributed by atoms with Gasteiger partial charge in [0, 0.05) is 17.8 Å². The molecule has 0 aliphatic heterocycles. The number of benzene rings is 3. The van der Waals surface area contributed by atoms with E-state index in [1.807, 2.05) is 42.5 Å². The van der Waals surface area contributed by atoms with Crippen LogP contribution in [-0.2, 0) is 11.2 Å². The van der Waals surface area contributed by atoms with Crippen LogP contribution in [0.4, 0.5) is 21.5 Å². The second-order valence-electron chi connectivity index (χ2n) is 6.90. The normalized spacial score (nSPS) is 10.6. The Morgan fingerprint density at radius 1 is 1.03 bits per heavy atom. The number of thiazole rings is 1. The van der Waals surface area contributed by atoms with Crippen LogP contribution in [0.15, 0.2) is 66.7 Å². The van der Waals surface area contributed by atoms with E-state index in [0.717, 1.165) is 27.8 Å². The van der Waals surface area contributed by atoms with Crippen molar-refractivity contribution in [2.24, 2.45) is 5.73 Å². The number of nitrogens with zero attached hydrogens (tertiary/aromatic N) is 2. The number of non-ortho nitro benzene ring substituents is 1. The van der Waals surface area contributed by atoms with Crippen molar-refractivity contribution in [2.75, 3.05) is 10.6 Å². The maximum absolute atomic E-state index is 12.5. The number of aromatic nitrogens is 1. The quantitative estimate of drug-likeness (QED) is 0.286. The van der Waals surface area contributed by atoms with Gasteiger partial charge >= 0.3 is 0 Å². The Morgan fingerprint density at radius 3 is 2.44 bits per heavy atom. The second-order valence-corrected chi connectivity index (χ2v) is 7.90. The molecule has 0 saturated carbocycles. The first-order valence-corrected chi connectivity index (χ1v) is 10.3. The highest BCUT2D eigenvalue weighted by molar-refractivity contribution is 7.20. The molecule has 4 rings (SSSR count). The molecule has 0 radical (unpaired) electrons. The van der Waals surface area contributed by atoms with Crippen molar-refractivity contribution < 1.29 is 14.5 Å². The molecule has 32 heavy (non-hydrogen) atoms. The predicted molar refractivity (Wildman–Crippen MR) is 123 cm³/mol. The second kappa shape index (κ2) is 8.82. The lowest BCUT2D eigenvalue weighted by atomic mass is 10.1. The molecule has 0 spiro atoms. The third-order valence-electron chi connectivity index (χ3n) is 4.63. The minimum absolute atomic E-state index is 0.0263. The van der Waals surface area contributed by atoms with Crippen LogP contribution in [0.3, 0.4) is 0 Å². The Bertz CT molecular complexity index is 1330. The van der Waals surface area contributed by atoms with Crippen LogP contribution in [0.1, 0.15) is 16.1 Å². The molecular weight excluding hydrogens is 430 g/mol. The lowest BCUT2D eigenvalue weighted by Crippen LogP contribution is -2.18. The zero-order chi connectivity index (χ0) is 22.7. The first-order valence-electron chi connectivity index (χ1n) is 9.48. The minimum Gasteiger partial charge on any atom is -0.364 e. The number of nitro groups is 1. The zero-order valence-electron chi connectivity index (χ0n) is 16.6. The van der Waals surface area contributed by atoms with Crippen molar-refractivity contribution in [3.05, 3.63) is 88.1 Å². The Hall–Kier alpha value is -4.31. The molecule has 3 aromatic carbocycles. The molecule has 0 aliphatic rings. The summed E-state index contributed by atoms with van der Waals surface area (Å²) in [6.07, 6.45) is -0.0263. The standard InChI is InChI=1S/C22H17N5O4S/c23-20(29)19-21(25-18(28)11-13-5-9-17(10-6-13)27(30)31)32-22(26-19)24-16-8-7-14-3-1-2-4-15(14)12-16/h1-10,12H,11H2,(H2,23,29)(H,24,26)(H,25,28). The lowest BCUT2D eigenvalue weighted by Gasteiger charge is -2.04. The van der Waals surface area contributed by atoms with E-state index >= 15 is 0 Å². The van der Waals surface area contributed by atoms with Crippen LogP contribution in [-0.4, -0.2) is 21.7 Å².